The van der Waals surface area contributed by atoms with E-state index in [0.29, 0.717) is 19.0 Å². The highest BCUT2D eigenvalue weighted by Gasteiger charge is 2.04. The summed E-state index contributed by atoms with van der Waals surface area (Å²) in [5.74, 6) is 0.540. The Hall–Kier alpha value is -2.82. The second-order valence-electron chi connectivity index (χ2n) is 5.84. The molecule has 1 amide bonds. The summed E-state index contributed by atoms with van der Waals surface area (Å²) >= 11 is 0. The quantitative estimate of drug-likeness (QED) is 0.537. The molecule has 132 valence electrons. The summed E-state index contributed by atoms with van der Waals surface area (Å²) < 4.78 is 0. The zero-order valence-electron chi connectivity index (χ0n) is 14.9. The summed E-state index contributed by atoms with van der Waals surface area (Å²) in [5.41, 5.74) is 3.27. The number of aliphatic imine (C=N–C) groups is 1. The number of carbonyl (C=O) groups excluding carboxylic acids is 1. The van der Waals surface area contributed by atoms with Crippen LogP contribution in [0.2, 0.25) is 0 Å². The SMILES string of the molecule is CCCNC(=O)CNC(=NCc1ccc(C)cc1)Nc1ccccc1. The summed E-state index contributed by atoms with van der Waals surface area (Å²) in [7, 11) is 0. The Labute approximate surface area is 149 Å². The molecule has 3 N–H and O–H groups in total. The minimum atomic E-state index is -0.0419. The number of benzene rings is 2. The minimum absolute atomic E-state index is 0.0419. The van der Waals surface area contributed by atoms with Crippen LogP contribution in [0.5, 0.6) is 0 Å². The third-order valence-corrected chi connectivity index (χ3v) is 3.57. The standard InChI is InChI=1S/C20H26N4O/c1-3-13-21-19(25)15-23-20(24-18-7-5-4-6-8-18)22-14-17-11-9-16(2)10-12-17/h4-12H,3,13-15H2,1-2H3,(H,21,25)(H2,22,23,24). The highest BCUT2D eigenvalue weighted by Crippen LogP contribution is 2.07. The summed E-state index contributed by atoms with van der Waals surface area (Å²) in [6.07, 6.45) is 0.919. The molecule has 0 atom stereocenters. The van der Waals surface area contributed by atoms with E-state index < -0.39 is 0 Å². The van der Waals surface area contributed by atoms with Crippen LogP contribution in [0.15, 0.2) is 59.6 Å². The van der Waals surface area contributed by atoms with Crippen LogP contribution in [0.4, 0.5) is 5.69 Å². The fraction of sp³-hybridized carbons (Fsp3) is 0.300. The van der Waals surface area contributed by atoms with Crippen molar-refractivity contribution in [2.24, 2.45) is 4.99 Å². The van der Waals surface area contributed by atoms with Crippen LogP contribution in [-0.4, -0.2) is 25.0 Å². The Balaban J connectivity index is 2.01. The van der Waals surface area contributed by atoms with Gasteiger partial charge in [0.05, 0.1) is 13.1 Å². The number of hydrogen-bond acceptors (Lipinski definition) is 2. The molecule has 0 saturated carbocycles. The lowest BCUT2D eigenvalue weighted by molar-refractivity contribution is -0.119. The van der Waals surface area contributed by atoms with Gasteiger partial charge in [-0.3, -0.25) is 4.79 Å². The van der Waals surface area contributed by atoms with Crippen molar-refractivity contribution < 1.29 is 4.79 Å². The van der Waals surface area contributed by atoms with Crippen molar-refractivity contribution in [1.82, 2.24) is 10.6 Å². The van der Waals surface area contributed by atoms with Gasteiger partial charge in [-0.1, -0.05) is 55.0 Å². The molecule has 25 heavy (non-hydrogen) atoms. The lowest BCUT2D eigenvalue weighted by atomic mass is 10.1. The molecule has 0 aliphatic rings. The number of hydrogen-bond donors (Lipinski definition) is 3. The van der Waals surface area contributed by atoms with Crippen LogP contribution in [0.3, 0.4) is 0 Å². The minimum Gasteiger partial charge on any atom is -0.355 e. The van der Waals surface area contributed by atoms with Gasteiger partial charge in [-0.2, -0.15) is 0 Å². The summed E-state index contributed by atoms with van der Waals surface area (Å²) in [6.45, 7) is 5.50. The first-order valence-electron chi connectivity index (χ1n) is 8.60. The zero-order chi connectivity index (χ0) is 17.9. The van der Waals surface area contributed by atoms with Crippen molar-refractivity contribution in [1.29, 1.82) is 0 Å². The van der Waals surface area contributed by atoms with Gasteiger partial charge in [-0.25, -0.2) is 4.99 Å². The third kappa shape index (κ3) is 7.08. The molecule has 2 aromatic carbocycles. The van der Waals surface area contributed by atoms with E-state index in [1.807, 2.05) is 37.3 Å². The Kier molecular flexibility index (Phi) is 7.50. The van der Waals surface area contributed by atoms with E-state index in [4.69, 9.17) is 0 Å². The van der Waals surface area contributed by atoms with Gasteiger partial charge in [0.1, 0.15) is 0 Å². The first-order valence-corrected chi connectivity index (χ1v) is 8.60. The smallest absolute Gasteiger partial charge is 0.239 e. The average Bonchev–Trinajstić information content (AvgIpc) is 2.64. The Morgan fingerprint density at radius 1 is 1.00 bits per heavy atom. The maximum absolute atomic E-state index is 11.8. The van der Waals surface area contributed by atoms with Gasteiger partial charge < -0.3 is 16.0 Å². The van der Waals surface area contributed by atoms with Gasteiger partial charge in [0.25, 0.3) is 0 Å². The van der Waals surface area contributed by atoms with E-state index in [-0.39, 0.29) is 12.5 Å². The number of nitrogens with zero attached hydrogens (tertiary/aromatic N) is 1. The molecule has 0 heterocycles. The van der Waals surface area contributed by atoms with Gasteiger partial charge in [-0.15, -0.1) is 0 Å². The molecular weight excluding hydrogens is 312 g/mol. The second-order valence-corrected chi connectivity index (χ2v) is 5.84. The lowest BCUT2D eigenvalue weighted by Crippen LogP contribution is -2.40. The number of anilines is 1. The average molecular weight is 338 g/mol. The molecule has 5 nitrogen and oxygen atoms in total. The Bertz CT molecular complexity index is 681. The molecule has 2 rings (SSSR count). The highest BCUT2D eigenvalue weighted by molar-refractivity contribution is 5.95. The maximum atomic E-state index is 11.8. The molecule has 0 fully saturated rings. The van der Waals surface area contributed by atoms with Crippen molar-refractivity contribution in [2.75, 3.05) is 18.4 Å². The molecule has 0 aromatic heterocycles. The number of aryl methyl sites for hydroxylation is 1. The van der Waals surface area contributed by atoms with Gasteiger partial charge in [0, 0.05) is 12.2 Å². The number of para-hydroxylation sites is 1. The van der Waals surface area contributed by atoms with Gasteiger partial charge in [0.2, 0.25) is 5.91 Å². The largest absolute Gasteiger partial charge is 0.355 e. The first-order chi connectivity index (χ1) is 12.2. The van der Waals surface area contributed by atoms with Crippen molar-refractivity contribution in [2.45, 2.75) is 26.8 Å². The van der Waals surface area contributed by atoms with Crippen LogP contribution in [0.1, 0.15) is 24.5 Å². The number of nitrogens with one attached hydrogen (secondary N) is 3. The van der Waals surface area contributed by atoms with Crippen molar-refractivity contribution >= 4 is 17.6 Å². The maximum Gasteiger partial charge on any atom is 0.239 e. The fourth-order valence-corrected chi connectivity index (χ4v) is 2.15. The summed E-state index contributed by atoms with van der Waals surface area (Å²) in [5, 5.41) is 9.16. The van der Waals surface area contributed by atoms with Crippen LogP contribution < -0.4 is 16.0 Å². The molecule has 0 aliphatic heterocycles. The molecule has 0 radical (unpaired) electrons. The highest BCUT2D eigenvalue weighted by atomic mass is 16.1. The van der Waals surface area contributed by atoms with Gasteiger partial charge >= 0.3 is 0 Å². The van der Waals surface area contributed by atoms with Gasteiger partial charge in [0.15, 0.2) is 5.96 Å². The zero-order valence-corrected chi connectivity index (χ0v) is 14.9. The molecule has 0 spiro atoms. The second kappa shape index (κ2) is 10.1. The summed E-state index contributed by atoms with van der Waals surface area (Å²) in [6, 6.07) is 18.0. The molecular formula is C20H26N4O. The third-order valence-electron chi connectivity index (χ3n) is 3.57. The summed E-state index contributed by atoms with van der Waals surface area (Å²) in [4.78, 5) is 16.4. The van der Waals surface area contributed by atoms with E-state index in [9.17, 15) is 4.79 Å². The van der Waals surface area contributed by atoms with Crippen molar-refractivity contribution in [3.63, 3.8) is 0 Å². The molecule has 5 heteroatoms. The van der Waals surface area contributed by atoms with E-state index >= 15 is 0 Å². The Morgan fingerprint density at radius 2 is 1.72 bits per heavy atom. The topological polar surface area (TPSA) is 65.5 Å². The number of amides is 1. The van der Waals surface area contributed by atoms with Crippen molar-refractivity contribution in [3.05, 3.63) is 65.7 Å². The fourth-order valence-electron chi connectivity index (χ4n) is 2.15. The monoisotopic (exact) mass is 338 g/mol. The molecule has 0 saturated heterocycles. The van der Waals surface area contributed by atoms with E-state index in [1.54, 1.807) is 0 Å². The van der Waals surface area contributed by atoms with Crippen LogP contribution in [-0.2, 0) is 11.3 Å². The normalized spacial score (nSPS) is 11.0. The molecule has 0 aliphatic carbocycles. The van der Waals surface area contributed by atoms with Crippen LogP contribution in [0.25, 0.3) is 0 Å². The molecule has 2 aromatic rings. The number of carbonyl (C=O) groups is 1. The number of guanidine groups is 1. The van der Waals surface area contributed by atoms with Crippen LogP contribution in [0, 0.1) is 6.92 Å². The predicted octanol–water partition coefficient (Wildman–Crippen LogP) is 3.08. The van der Waals surface area contributed by atoms with Gasteiger partial charge in [-0.05, 0) is 31.0 Å². The lowest BCUT2D eigenvalue weighted by Gasteiger charge is -2.13. The predicted molar refractivity (Wildman–Crippen MR) is 104 cm³/mol. The van der Waals surface area contributed by atoms with Crippen molar-refractivity contribution in [3.8, 4) is 0 Å². The van der Waals surface area contributed by atoms with E-state index in [0.717, 1.165) is 17.7 Å². The van der Waals surface area contributed by atoms with E-state index in [2.05, 4.69) is 52.1 Å². The Morgan fingerprint density at radius 3 is 2.40 bits per heavy atom. The molecule has 0 bridgehead atoms. The number of rotatable bonds is 7. The first kappa shape index (κ1) is 18.5. The van der Waals surface area contributed by atoms with E-state index in [1.165, 1.54) is 5.56 Å². The molecule has 0 unspecified atom stereocenters. The van der Waals surface area contributed by atoms with Crippen LogP contribution >= 0.6 is 0 Å².